The normalized spacial score (nSPS) is 13.7. The maximum absolute atomic E-state index is 6.80. The standard InChI is InChI=1S/C71H57N4O.Pt/c1-69(2,3)51-37-38-72-67(44-51)75-65-43-52(71(50-25-14-9-15-26-50)63-31-18-16-29-57(63)58-30-17-19-32-64(58)71)33-35-59(65)60-36-34-56(46-66(60)75)76-55-28-20-27-54(45-55)73-39-40-74(47-73)68-61(48-21-10-7-11-22-48)41-53(70(4,5)6)42-62(68)49-23-12-8-13-24-49;/h7-44,47H,1-6H3;/q-3;. The van der Waals surface area contributed by atoms with Gasteiger partial charge in [0, 0.05) is 61.1 Å². The van der Waals surface area contributed by atoms with Crippen LogP contribution < -0.4 is 14.5 Å². The van der Waals surface area contributed by atoms with Gasteiger partial charge >= 0.3 is 0 Å². The van der Waals surface area contributed by atoms with Gasteiger partial charge in [0.25, 0.3) is 0 Å². The second kappa shape index (κ2) is 19.4. The van der Waals surface area contributed by atoms with Crippen LogP contribution in [0.3, 0.4) is 0 Å². The Bertz CT molecular complexity index is 3930. The fourth-order valence-corrected chi connectivity index (χ4v) is 11.6. The zero-order chi connectivity index (χ0) is 51.8. The maximum Gasteiger partial charge on any atom is 0.135 e. The van der Waals surface area contributed by atoms with E-state index in [0.717, 1.165) is 50.1 Å². The van der Waals surface area contributed by atoms with Crippen LogP contribution >= 0.6 is 0 Å². The molecule has 6 heteroatoms. The van der Waals surface area contributed by atoms with Crippen molar-refractivity contribution in [2.75, 3.05) is 9.80 Å². The summed E-state index contributed by atoms with van der Waals surface area (Å²) in [7, 11) is 0. The van der Waals surface area contributed by atoms with Gasteiger partial charge in [0.1, 0.15) is 5.82 Å². The van der Waals surface area contributed by atoms with Crippen LogP contribution in [0.4, 0.5) is 11.4 Å². The second-order valence-electron chi connectivity index (χ2n) is 22.1. The van der Waals surface area contributed by atoms with Gasteiger partial charge in [-0.2, -0.15) is 12.1 Å². The number of hydrogen-bond donors (Lipinski definition) is 0. The molecule has 2 aromatic heterocycles. The Kier molecular flexibility index (Phi) is 12.5. The van der Waals surface area contributed by atoms with Crippen molar-refractivity contribution in [1.29, 1.82) is 0 Å². The Morgan fingerprint density at radius 1 is 0.481 bits per heavy atom. The van der Waals surface area contributed by atoms with Crippen molar-refractivity contribution in [3.8, 4) is 50.7 Å². The second-order valence-corrected chi connectivity index (χ2v) is 22.1. The van der Waals surface area contributed by atoms with E-state index in [-0.39, 0.29) is 31.9 Å². The van der Waals surface area contributed by atoms with Crippen LogP contribution in [-0.4, -0.2) is 9.55 Å². The summed E-state index contributed by atoms with van der Waals surface area (Å²) in [6.45, 7) is 15.7. The Hall–Kier alpha value is -8.24. The number of anilines is 2. The minimum atomic E-state index is -0.562. The van der Waals surface area contributed by atoms with Crippen molar-refractivity contribution in [2.45, 2.75) is 57.8 Å². The van der Waals surface area contributed by atoms with Crippen molar-refractivity contribution < 1.29 is 25.8 Å². The number of nitrogens with zero attached hydrogens (tertiary/aromatic N) is 4. The summed E-state index contributed by atoms with van der Waals surface area (Å²) in [6, 6.07) is 83.9. The monoisotopic (exact) mass is 1180 g/mol. The smallest absolute Gasteiger partial charge is 0.135 e. The molecule has 0 radical (unpaired) electrons. The van der Waals surface area contributed by atoms with Crippen LogP contribution in [0.15, 0.2) is 231 Å². The van der Waals surface area contributed by atoms with Gasteiger partial charge in [0.05, 0.1) is 5.41 Å². The molecule has 0 unspecified atom stereocenters. The number of hydrogen-bond acceptors (Lipinski definition) is 4. The van der Waals surface area contributed by atoms with E-state index in [0.29, 0.717) is 11.5 Å². The summed E-state index contributed by atoms with van der Waals surface area (Å²) in [5.41, 5.74) is 17.8. The predicted molar refractivity (Wildman–Crippen MR) is 313 cm³/mol. The third-order valence-corrected chi connectivity index (χ3v) is 15.4. The van der Waals surface area contributed by atoms with Crippen LogP contribution in [0, 0.1) is 18.8 Å². The minimum absolute atomic E-state index is 0. The first-order chi connectivity index (χ1) is 36.9. The van der Waals surface area contributed by atoms with Gasteiger partial charge in [-0.15, -0.1) is 48.1 Å². The van der Waals surface area contributed by atoms with E-state index in [2.05, 4.69) is 281 Å². The number of pyridine rings is 1. The number of ether oxygens (including phenoxy) is 1. The zero-order valence-electron chi connectivity index (χ0n) is 44.0. The van der Waals surface area contributed by atoms with Gasteiger partial charge in [0.2, 0.25) is 0 Å². The fraction of sp³-hybridized carbons (Fsp3) is 0.127. The van der Waals surface area contributed by atoms with Gasteiger partial charge in [-0.1, -0.05) is 199 Å². The average molecular weight is 1180 g/mol. The average Bonchev–Trinajstić information content (AvgIpc) is 4.36. The first-order valence-electron chi connectivity index (χ1n) is 26.3. The summed E-state index contributed by atoms with van der Waals surface area (Å²) in [4.78, 5) is 9.44. The van der Waals surface area contributed by atoms with Crippen molar-refractivity contribution in [1.82, 2.24) is 9.55 Å². The topological polar surface area (TPSA) is 33.5 Å². The molecule has 1 aliphatic carbocycles. The van der Waals surface area contributed by atoms with E-state index < -0.39 is 5.41 Å². The summed E-state index contributed by atoms with van der Waals surface area (Å²) in [6.07, 6.45) is 6.15. The van der Waals surface area contributed by atoms with Crippen LogP contribution in [-0.2, 0) is 37.3 Å². The van der Waals surface area contributed by atoms with E-state index in [4.69, 9.17) is 9.72 Å². The molecule has 11 aromatic rings. The zero-order valence-corrected chi connectivity index (χ0v) is 46.3. The van der Waals surface area contributed by atoms with E-state index >= 15 is 0 Å². The SMILES string of the molecule is CC(C)(C)c1ccnc(-n2c3[c-]c(Oc4[c-]c(N5C=CN(c6c(-c7ccccc7)cc(C(C)(C)C)cc6-c6ccccc6)[CH-]5)ccc4)ccc3c3ccc(C4(c5ccccc5)c5ccccc5-c5ccccc54)cc32)c1.[Pt]. The Morgan fingerprint density at radius 2 is 1.05 bits per heavy atom. The fourth-order valence-electron chi connectivity index (χ4n) is 11.6. The molecule has 5 nitrogen and oxygen atoms in total. The minimum Gasteiger partial charge on any atom is -0.509 e. The Balaban J connectivity index is 0.00000596. The number of benzene rings is 9. The van der Waals surface area contributed by atoms with Gasteiger partial charge in [-0.05, 0) is 115 Å². The molecule has 0 N–H and O–H groups in total. The molecule has 2 aliphatic rings. The Morgan fingerprint density at radius 3 is 1.69 bits per heavy atom. The third kappa shape index (κ3) is 8.58. The summed E-state index contributed by atoms with van der Waals surface area (Å²) >= 11 is 0. The molecule has 380 valence electrons. The Labute approximate surface area is 467 Å². The summed E-state index contributed by atoms with van der Waals surface area (Å²) in [5, 5.41) is 2.17. The van der Waals surface area contributed by atoms with Crippen molar-refractivity contribution in [3.63, 3.8) is 0 Å². The third-order valence-electron chi connectivity index (χ3n) is 15.4. The van der Waals surface area contributed by atoms with Gasteiger partial charge < -0.3 is 19.1 Å². The molecule has 1 aliphatic heterocycles. The van der Waals surface area contributed by atoms with E-state index in [9.17, 15) is 0 Å². The number of fused-ring (bicyclic) bond motifs is 6. The molecule has 77 heavy (non-hydrogen) atoms. The van der Waals surface area contributed by atoms with E-state index in [1.807, 2.05) is 24.4 Å². The van der Waals surface area contributed by atoms with Crippen molar-refractivity contribution in [2.24, 2.45) is 0 Å². The van der Waals surface area contributed by atoms with Gasteiger partial charge in [0.15, 0.2) is 0 Å². The molecule has 0 amide bonds. The van der Waals surface area contributed by atoms with Crippen LogP contribution in [0.5, 0.6) is 11.5 Å². The molecule has 0 saturated heterocycles. The van der Waals surface area contributed by atoms with Crippen LogP contribution in [0.25, 0.3) is 61.0 Å². The summed E-state index contributed by atoms with van der Waals surface area (Å²) < 4.78 is 9.08. The van der Waals surface area contributed by atoms with Crippen LogP contribution in [0.2, 0.25) is 0 Å². The van der Waals surface area contributed by atoms with Crippen molar-refractivity contribution in [3.05, 3.63) is 283 Å². The van der Waals surface area contributed by atoms with Gasteiger partial charge in [-0.3, -0.25) is 0 Å². The van der Waals surface area contributed by atoms with Crippen LogP contribution in [0.1, 0.15) is 74.9 Å². The molecule has 9 aromatic carbocycles. The maximum atomic E-state index is 6.80. The molecule has 0 saturated carbocycles. The molecular weight excluding hydrogens is 1120 g/mol. The van der Waals surface area contributed by atoms with E-state index in [1.165, 1.54) is 55.6 Å². The van der Waals surface area contributed by atoms with Crippen molar-refractivity contribution >= 4 is 33.2 Å². The summed E-state index contributed by atoms with van der Waals surface area (Å²) in [5.74, 6) is 1.99. The first-order valence-corrected chi connectivity index (χ1v) is 26.3. The quantitative estimate of drug-likeness (QED) is 0.135. The number of rotatable bonds is 9. The largest absolute Gasteiger partial charge is 0.509 e. The van der Waals surface area contributed by atoms with Gasteiger partial charge in [-0.25, -0.2) is 4.98 Å². The predicted octanol–water partition coefficient (Wildman–Crippen LogP) is 17.8. The molecule has 0 bridgehead atoms. The van der Waals surface area contributed by atoms with E-state index in [1.54, 1.807) is 0 Å². The number of aromatic nitrogens is 2. The molecule has 0 atom stereocenters. The first kappa shape index (κ1) is 49.6. The molecule has 3 heterocycles. The molecular formula is C71H57N4OPt-3. The molecule has 13 rings (SSSR count). The molecule has 0 spiro atoms. The molecule has 0 fully saturated rings.